The zero-order chi connectivity index (χ0) is 16.8. The maximum atomic E-state index is 12.2. The van der Waals surface area contributed by atoms with Gasteiger partial charge in [0.05, 0.1) is 13.2 Å². The fraction of sp³-hybridized carbons (Fsp3) is 0.500. The summed E-state index contributed by atoms with van der Waals surface area (Å²) in [6.07, 6.45) is 4.41. The highest BCUT2D eigenvalue weighted by Gasteiger charge is 2.21. The third-order valence-corrected chi connectivity index (χ3v) is 3.87. The number of hydrogen-bond donors (Lipinski definition) is 3. The van der Waals surface area contributed by atoms with Crippen LogP contribution in [0.25, 0.3) is 0 Å². The number of nitrogens with one attached hydrogen (secondary N) is 2. The predicted octanol–water partition coefficient (Wildman–Crippen LogP) is 1.64. The van der Waals surface area contributed by atoms with Gasteiger partial charge in [-0.05, 0) is 50.8 Å². The first-order valence-corrected chi connectivity index (χ1v) is 7.64. The first-order valence-electron chi connectivity index (χ1n) is 7.64. The molecule has 1 saturated carbocycles. The number of hydroxylamine groups is 1. The molecule has 0 radical (unpaired) electrons. The van der Waals surface area contributed by atoms with Gasteiger partial charge in [-0.2, -0.15) is 0 Å². The number of ether oxygens (including phenoxy) is 2. The minimum atomic E-state index is -0.853. The normalized spacial score (nSPS) is 15.8. The van der Waals surface area contributed by atoms with Crippen molar-refractivity contribution in [3.05, 3.63) is 23.8 Å². The van der Waals surface area contributed by atoms with E-state index in [1.807, 2.05) is 0 Å². The monoisotopic (exact) mass is 322 g/mol. The van der Waals surface area contributed by atoms with Gasteiger partial charge in [-0.25, -0.2) is 5.48 Å². The standard InChI is InChI=1S/C16H22N2O5/c1-10(15(19)18-21)17-16(20)11-7-8-13(22-2)14(9-11)23-12-5-3-4-6-12/h7-10,12,21H,3-6H2,1-2H3,(H,17,20)(H,18,19)/t10-/m1/s1. The van der Waals surface area contributed by atoms with Crippen LogP contribution in [0.4, 0.5) is 0 Å². The molecule has 3 N–H and O–H groups in total. The van der Waals surface area contributed by atoms with E-state index in [0.717, 1.165) is 25.7 Å². The Bertz CT molecular complexity index is 570. The van der Waals surface area contributed by atoms with E-state index in [2.05, 4.69) is 5.32 Å². The van der Waals surface area contributed by atoms with Crippen molar-refractivity contribution in [3.63, 3.8) is 0 Å². The van der Waals surface area contributed by atoms with Crippen molar-refractivity contribution in [2.24, 2.45) is 0 Å². The average Bonchev–Trinajstić information content (AvgIpc) is 3.06. The summed E-state index contributed by atoms with van der Waals surface area (Å²) in [5, 5.41) is 11.1. The lowest BCUT2D eigenvalue weighted by atomic mass is 10.1. The maximum Gasteiger partial charge on any atom is 0.265 e. The number of methoxy groups -OCH3 is 1. The van der Waals surface area contributed by atoms with Crippen LogP contribution in [0.5, 0.6) is 11.5 Å². The summed E-state index contributed by atoms with van der Waals surface area (Å²) in [5.41, 5.74) is 1.86. The Hall–Kier alpha value is -2.28. The lowest BCUT2D eigenvalue weighted by molar-refractivity contribution is -0.130. The molecule has 0 spiro atoms. The molecule has 0 bridgehead atoms. The molecule has 1 aliphatic rings. The molecule has 23 heavy (non-hydrogen) atoms. The van der Waals surface area contributed by atoms with Crippen molar-refractivity contribution in [1.29, 1.82) is 0 Å². The van der Waals surface area contributed by atoms with E-state index in [-0.39, 0.29) is 6.10 Å². The maximum absolute atomic E-state index is 12.2. The van der Waals surface area contributed by atoms with Crippen LogP contribution in [-0.2, 0) is 4.79 Å². The Morgan fingerprint density at radius 1 is 1.26 bits per heavy atom. The van der Waals surface area contributed by atoms with Crippen molar-refractivity contribution < 1.29 is 24.3 Å². The number of carbonyl (C=O) groups excluding carboxylic acids is 2. The fourth-order valence-electron chi connectivity index (χ4n) is 2.54. The van der Waals surface area contributed by atoms with Crippen molar-refractivity contribution in [2.75, 3.05) is 7.11 Å². The SMILES string of the molecule is COc1ccc(C(=O)N[C@H](C)C(=O)NO)cc1OC1CCCC1. The van der Waals surface area contributed by atoms with Crippen LogP contribution in [0.1, 0.15) is 43.0 Å². The van der Waals surface area contributed by atoms with Gasteiger partial charge in [0.25, 0.3) is 11.8 Å². The Morgan fingerprint density at radius 2 is 1.96 bits per heavy atom. The first kappa shape index (κ1) is 17.1. The van der Waals surface area contributed by atoms with Gasteiger partial charge in [-0.15, -0.1) is 0 Å². The van der Waals surface area contributed by atoms with Crippen molar-refractivity contribution >= 4 is 11.8 Å². The summed E-state index contributed by atoms with van der Waals surface area (Å²) >= 11 is 0. The van der Waals surface area contributed by atoms with E-state index < -0.39 is 17.9 Å². The summed E-state index contributed by atoms with van der Waals surface area (Å²) in [7, 11) is 1.55. The molecular weight excluding hydrogens is 300 g/mol. The van der Waals surface area contributed by atoms with Gasteiger partial charge in [-0.3, -0.25) is 14.8 Å². The van der Waals surface area contributed by atoms with Crippen molar-refractivity contribution in [1.82, 2.24) is 10.8 Å². The Kier molecular flexibility index (Phi) is 5.81. The molecule has 1 atom stereocenters. The molecule has 0 unspecified atom stereocenters. The molecule has 7 heteroatoms. The third kappa shape index (κ3) is 4.35. The predicted molar refractivity (Wildman–Crippen MR) is 82.7 cm³/mol. The second-order valence-corrected chi connectivity index (χ2v) is 5.56. The lowest BCUT2D eigenvalue weighted by Gasteiger charge is -2.17. The summed E-state index contributed by atoms with van der Waals surface area (Å²) in [5.74, 6) is -0.0322. The average molecular weight is 322 g/mol. The van der Waals surface area contributed by atoms with E-state index in [4.69, 9.17) is 14.7 Å². The molecule has 7 nitrogen and oxygen atoms in total. The molecule has 0 saturated heterocycles. The molecule has 0 heterocycles. The van der Waals surface area contributed by atoms with Gasteiger partial charge < -0.3 is 14.8 Å². The van der Waals surface area contributed by atoms with E-state index in [0.29, 0.717) is 17.1 Å². The van der Waals surface area contributed by atoms with E-state index in [1.54, 1.807) is 25.3 Å². The van der Waals surface area contributed by atoms with Crippen molar-refractivity contribution in [2.45, 2.75) is 44.8 Å². The van der Waals surface area contributed by atoms with E-state index in [9.17, 15) is 9.59 Å². The first-order chi connectivity index (χ1) is 11.0. The molecule has 0 aromatic heterocycles. The number of carbonyl (C=O) groups is 2. The lowest BCUT2D eigenvalue weighted by Crippen LogP contribution is -2.43. The second-order valence-electron chi connectivity index (χ2n) is 5.56. The zero-order valence-corrected chi connectivity index (χ0v) is 13.3. The highest BCUT2D eigenvalue weighted by atomic mass is 16.5. The van der Waals surface area contributed by atoms with Gasteiger partial charge in [0.1, 0.15) is 6.04 Å². The molecule has 1 aromatic carbocycles. The van der Waals surface area contributed by atoms with Gasteiger partial charge in [0.2, 0.25) is 0 Å². The molecule has 1 fully saturated rings. The Morgan fingerprint density at radius 3 is 2.57 bits per heavy atom. The van der Waals surface area contributed by atoms with Crippen LogP contribution in [0.15, 0.2) is 18.2 Å². The van der Waals surface area contributed by atoms with Crippen LogP contribution in [0.3, 0.4) is 0 Å². The summed E-state index contributed by atoms with van der Waals surface area (Å²) < 4.78 is 11.2. The molecule has 2 amide bonds. The summed E-state index contributed by atoms with van der Waals surface area (Å²) in [6.45, 7) is 1.48. The van der Waals surface area contributed by atoms with Crippen LogP contribution in [0, 0.1) is 0 Å². The Balaban J connectivity index is 2.12. The van der Waals surface area contributed by atoms with E-state index >= 15 is 0 Å². The third-order valence-electron chi connectivity index (χ3n) is 3.87. The van der Waals surface area contributed by atoms with Crippen molar-refractivity contribution in [3.8, 4) is 11.5 Å². The van der Waals surface area contributed by atoms with Crippen LogP contribution in [-0.4, -0.2) is 36.3 Å². The van der Waals surface area contributed by atoms with Crippen LogP contribution >= 0.6 is 0 Å². The summed E-state index contributed by atoms with van der Waals surface area (Å²) in [6, 6.07) is 4.01. The second kappa shape index (κ2) is 7.82. The number of benzene rings is 1. The smallest absolute Gasteiger partial charge is 0.265 e. The number of rotatable bonds is 6. The van der Waals surface area contributed by atoms with Gasteiger partial charge in [0.15, 0.2) is 11.5 Å². The molecule has 1 aromatic rings. The van der Waals surface area contributed by atoms with Crippen LogP contribution < -0.4 is 20.3 Å². The number of amides is 2. The Labute approximate surface area is 134 Å². The minimum absolute atomic E-state index is 0.140. The summed E-state index contributed by atoms with van der Waals surface area (Å²) in [4.78, 5) is 23.5. The largest absolute Gasteiger partial charge is 0.493 e. The minimum Gasteiger partial charge on any atom is -0.493 e. The molecule has 0 aliphatic heterocycles. The highest BCUT2D eigenvalue weighted by Crippen LogP contribution is 2.32. The molecule has 2 rings (SSSR count). The quantitative estimate of drug-likeness (QED) is 0.546. The molecular formula is C16H22N2O5. The van der Waals surface area contributed by atoms with Crippen LogP contribution in [0.2, 0.25) is 0 Å². The van der Waals surface area contributed by atoms with Gasteiger partial charge >= 0.3 is 0 Å². The zero-order valence-electron chi connectivity index (χ0n) is 13.3. The molecule has 1 aliphatic carbocycles. The fourth-order valence-corrected chi connectivity index (χ4v) is 2.54. The number of hydrogen-bond acceptors (Lipinski definition) is 5. The van der Waals surface area contributed by atoms with Gasteiger partial charge in [-0.1, -0.05) is 0 Å². The van der Waals surface area contributed by atoms with E-state index in [1.165, 1.54) is 12.4 Å². The topological polar surface area (TPSA) is 96.9 Å². The molecule has 126 valence electrons. The highest BCUT2D eigenvalue weighted by molar-refractivity contribution is 5.97. The van der Waals surface area contributed by atoms with Gasteiger partial charge in [0, 0.05) is 5.56 Å².